The Hall–Kier alpha value is -4.14. The molecule has 7 nitrogen and oxygen atoms in total. The van der Waals surface area contributed by atoms with Crippen LogP contribution >= 0.6 is 11.6 Å². The number of carbonyl (C=O) groups excluding carboxylic acids is 2. The molecule has 1 N–H and O–H groups in total. The lowest BCUT2D eigenvalue weighted by molar-refractivity contribution is -0.140. The Kier molecular flexibility index (Phi) is 10.4. The number of aryl methyl sites for hydroxylation is 1. The van der Waals surface area contributed by atoms with Crippen molar-refractivity contribution in [2.45, 2.75) is 37.8 Å². The van der Waals surface area contributed by atoms with Crippen molar-refractivity contribution in [2.75, 3.05) is 17.4 Å². The van der Waals surface area contributed by atoms with E-state index in [1.54, 1.807) is 60.7 Å². The fraction of sp³-hybridized carbons (Fsp3) is 0.212. The zero-order chi connectivity index (χ0) is 30.1. The largest absolute Gasteiger partial charge is 0.355 e. The molecule has 2 amide bonds. The second kappa shape index (κ2) is 14.2. The van der Waals surface area contributed by atoms with Crippen LogP contribution in [0.3, 0.4) is 0 Å². The van der Waals surface area contributed by atoms with E-state index >= 15 is 0 Å². The SMILES string of the molecule is CCNC(=O)[C@H](Cc1ccccc1)N(Cc1cccc(Cl)c1)C(=O)CN(c1ccccc1)S(=O)(=O)c1ccc(C)cc1. The fourth-order valence-electron chi connectivity index (χ4n) is 4.64. The normalized spacial score (nSPS) is 11.9. The fourth-order valence-corrected chi connectivity index (χ4v) is 6.27. The van der Waals surface area contributed by atoms with Gasteiger partial charge in [-0.25, -0.2) is 8.42 Å². The Labute approximate surface area is 252 Å². The van der Waals surface area contributed by atoms with Crippen molar-refractivity contribution < 1.29 is 18.0 Å². The number of anilines is 1. The van der Waals surface area contributed by atoms with Crippen LogP contribution in [0.1, 0.15) is 23.6 Å². The standard InChI is InChI=1S/C33H34ClN3O4S/c1-3-35-33(39)31(22-26-11-6-4-7-12-26)36(23-27-13-10-14-28(34)21-27)32(38)24-37(29-15-8-5-9-16-29)42(40,41)30-19-17-25(2)18-20-30/h4-21,31H,3,22-24H2,1-2H3,(H,35,39)/t31-/m0/s1. The Morgan fingerprint density at radius 3 is 2.07 bits per heavy atom. The summed E-state index contributed by atoms with van der Waals surface area (Å²) >= 11 is 6.26. The van der Waals surface area contributed by atoms with Crippen LogP contribution < -0.4 is 9.62 Å². The van der Waals surface area contributed by atoms with Crippen LogP contribution in [0, 0.1) is 6.92 Å². The van der Waals surface area contributed by atoms with Gasteiger partial charge in [0.15, 0.2) is 0 Å². The summed E-state index contributed by atoms with van der Waals surface area (Å²) in [7, 11) is -4.13. The van der Waals surface area contributed by atoms with Gasteiger partial charge in [-0.15, -0.1) is 0 Å². The Bertz CT molecular complexity index is 1600. The van der Waals surface area contributed by atoms with Crippen LogP contribution in [0.25, 0.3) is 0 Å². The molecule has 4 rings (SSSR count). The summed E-state index contributed by atoms with van der Waals surface area (Å²) in [6, 6.07) is 30.6. The van der Waals surface area contributed by atoms with Crippen molar-refractivity contribution in [3.05, 3.63) is 131 Å². The number of nitrogens with zero attached hydrogens (tertiary/aromatic N) is 2. The maximum Gasteiger partial charge on any atom is 0.264 e. The molecule has 0 unspecified atom stereocenters. The van der Waals surface area contributed by atoms with Gasteiger partial charge in [0.2, 0.25) is 11.8 Å². The van der Waals surface area contributed by atoms with E-state index in [9.17, 15) is 18.0 Å². The Morgan fingerprint density at radius 1 is 0.833 bits per heavy atom. The molecule has 218 valence electrons. The van der Waals surface area contributed by atoms with Gasteiger partial charge in [-0.2, -0.15) is 0 Å². The molecule has 0 bridgehead atoms. The minimum absolute atomic E-state index is 0.0568. The predicted molar refractivity (Wildman–Crippen MR) is 167 cm³/mol. The summed E-state index contributed by atoms with van der Waals surface area (Å²) in [5, 5.41) is 3.35. The summed E-state index contributed by atoms with van der Waals surface area (Å²) in [6.07, 6.45) is 0.245. The topological polar surface area (TPSA) is 86.8 Å². The highest BCUT2D eigenvalue weighted by Crippen LogP contribution is 2.25. The highest BCUT2D eigenvalue weighted by molar-refractivity contribution is 7.92. The summed E-state index contributed by atoms with van der Waals surface area (Å²) in [4.78, 5) is 29.3. The minimum Gasteiger partial charge on any atom is -0.355 e. The van der Waals surface area contributed by atoms with Crippen molar-refractivity contribution in [1.82, 2.24) is 10.2 Å². The quantitative estimate of drug-likeness (QED) is 0.228. The van der Waals surface area contributed by atoms with Crippen LogP contribution in [-0.2, 0) is 32.6 Å². The van der Waals surface area contributed by atoms with Crippen LogP contribution in [0.2, 0.25) is 5.02 Å². The lowest BCUT2D eigenvalue weighted by Gasteiger charge is -2.33. The molecule has 4 aromatic carbocycles. The average Bonchev–Trinajstić information content (AvgIpc) is 2.99. The zero-order valence-electron chi connectivity index (χ0n) is 23.6. The van der Waals surface area contributed by atoms with Gasteiger partial charge in [-0.3, -0.25) is 13.9 Å². The van der Waals surface area contributed by atoms with E-state index in [4.69, 9.17) is 11.6 Å². The maximum absolute atomic E-state index is 14.3. The molecular formula is C33H34ClN3O4S. The van der Waals surface area contributed by atoms with E-state index in [0.717, 1.165) is 15.4 Å². The number of para-hydroxylation sites is 1. The molecule has 0 radical (unpaired) electrons. The third-order valence-corrected chi connectivity index (χ3v) is 8.82. The summed E-state index contributed by atoms with van der Waals surface area (Å²) < 4.78 is 29.0. The molecule has 9 heteroatoms. The molecule has 0 aromatic heterocycles. The number of hydrogen-bond donors (Lipinski definition) is 1. The van der Waals surface area contributed by atoms with E-state index < -0.39 is 28.5 Å². The van der Waals surface area contributed by atoms with Crippen LogP contribution in [0.15, 0.2) is 114 Å². The number of halogens is 1. The number of hydrogen-bond acceptors (Lipinski definition) is 4. The predicted octanol–water partition coefficient (Wildman–Crippen LogP) is 5.62. The van der Waals surface area contributed by atoms with Crippen LogP contribution in [0.5, 0.6) is 0 Å². The maximum atomic E-state index is 14.3. The van der Waals surface area contributed by atoms with E-state index in [-0.39, 0.29) is 23.8 Å². The molecule has 0 aliphatic rings. The van der Waals surface area contributed by atoms with Crippen molar-refractivity contribution in [3.63, 3.8) is 0 Å². The van der Waals surface area contributed by atoms with Crippen molar-refractivity contribution in [1.29, 1.82) is 0 Å². The van der Waals surface area contributed by atoms with Gasteiger partial charge in [0.25, 0.3) is 10.0 Å². The summed E-state index contributed by atoms with van der Waals surface area (Å²) in [5.41, 5.74) is 2.83. The molecule has 0 saturated heterocycles. The first-order valence-electron chi connectivity index (χ1n) is 13.7. The average molecular weight is 604 g/mol. The highest BCUT2D eigenvalue weighted by Gasteiger charge is 2.34. The van der Waals surface area contributed by atoms with E-state index in [2.05, 4.69) is 5.32 Å². The van der Waals surface area contributed by atoms with Crippen molar-refractivity contribution in [3.8, 4) is 0 Å². The van der Waals surface area contributed by atoms with E-state index in [0.29, 0.717) is 22.8 Å². The highest BCUT2D eigenvalue weighted by atomic mass is 35.5. The molecule has 42 heavy (non-hydrogen) atoms. The van der Waals surface area contributed by atoms with Crippen molar-refractivity contribution >= 4 is 39.1 Å². The molecular weight excluding hydrogens is 570 g/mol. The number of rotatable bonds is 12. The van der Waals surface area contributed by atoms with Gasteiger partial charge in [0, 0.05) is 24.5 Å². The Balaban J connectivity index is 1.78. The first-order chi connectivity index (χ1) is 20.2. The molecule has 0 saturated carbocycles. The van der Waals surface area contributed by atoms with Gasteiger partial charge in [0.1, 0.15) is 12.6 Å². The third-order valence-electron chi connectivity index (χ3n) is 6.80. The van der Waals surface area contributed by atoms with Gasteiger partial charge in [-0.05, 0) is 61.4 Å². The molecule has 0 spiro atoms. The number of benzene rings is 4. The number of sulfonamides is 1. The van der Waals surface area contributed by atoms with Gasteiger partial charge < -0.3 is 10.2 Å². The lowest BCUT2D eigenvalue weighted by atomic mass is 10.0. The second-order valence-electron chi connectivity index (χ2n) is 9.91. The first kappa shape index (κ1) is 30.8. The second-order valence-corrected chi connectivity index (χ2v) is 12.2. The van der Waals surface area contributed by atoms with Gasteiger partial charge in [-0.1, -0.05) is 90.0 Å². The molecule has 1 atom stereocenters. The third kappa shape index (κ3) is 7.78. The summed E-state index contributed by atoms with van der Waals surface area (Å²) in [6.45, 7) is 3.61. The number of likely N-dealkylation sites (N-methyl/N-ethyl adjacent to an activating group) is 1. The summed E-state index contributed by atoms with van der Waals surface area (Å²) in [5.74, 6) is -0.855. The molecule has 0 heterocycles. The number of amides is 2. The number of carbonyl (C=O) groups is 2. The van der Waals surface area contributed by atoms with E-state index in [1.165, 1.54) is 17.0 Å². The molecule has 4 aromatic rings. The minimum atomic E-state index is -4.13. The van der Waals surface area contributed by atoms with Crippen LogP contribution in [-0.4, -0.2) is 44.3 Å². The Morgan fingerprint density at radius 2 is 1.45 bits per heavy atom. The van der Waals surface area contributed by atoms with Gasteiger partial charge in [0.05, 0.1) is 10.6 Å². The molecule has 0 fully saturated rings. The number of nitrogens with one attached hydrogen (secondary N) is 1. The van der Waals surface area contributed by atoms with Crippen molar-refractivity contribution in [2.24, 2.45) is 0 Å². The molecule has 0 aliphatic heterocycles. The van der Waals surface area contributed by atoms with E-state index in [1.807, 2.05) is 50.2 Å². The first-order valence-corrected chi connectivity index (χ1v) is 15.5. The van der Waals surface area contributed by atoms with Gasteiger partial charge >= 0.3 is 0 Å². The zero-order valence-corrected chi connectivity index (χ0v) is 25.2. The van der Waals surface area contributed by atoms with Crippen LogP contribution in [0.4, 0.5) is 5.69 Å². The monoisotopic (exact) mass is 603 g/mol. The lowest BCUT2D eigenvalue weighted by Crippen LogP contribution is -2.53. The molecule has 0 aliphatic carbocycles. The smallest absolute Gasteiger partial charge is 0.264 e.